The molecule has 5 heteroatoms. The van der Waals surface area contributed by atoms with Crippen LogP contribution in [-0.4, -0.2) is 24.5 Å². The third kappa shape index (κ3) is 3.42. The molecule has 2 aliphatic rings. The van der Waals surface area contributed by atoms with Crippen LogP contribution in [0.4, 0.5) is 10.5 Å². The third-order valence-corrected chi connectivity index (χ3v) is 4.82. The van der Waals surface area contributed by atoms with E-state index >= 15 is 0 Å². The number of nitrogens with one attached hydrogen (secondary N) is 2. The molecule has 2 amide bonds. The van der Waals surface area contributed by atoms with Gasteiger partial charge in [-0.3, -0.25) is 4.79 Å². The van der Waals surface area contributed by atoms with Gasteiger partial charge in [0.15, 0.2) is 5.78 Å². The number of carbonyl (C=O) groups is 2. The highest BCUT2D eigenvalue weighted by atomic mass is 16.5. The number of hydrogen-bond donors (Lipinski definition) is 2. The van der Waals surface area contributed by atoms with Crippen molar-refractivity contribution in [2.24, 2.45) is 0 Å². The fourth-order valence-electron chi connectivity index (χ4n) is 3.46. The standard InChI is InChI=1S/C20H20N2O3/c23-19-8-5-14-9-16(6-7-18(14)19)22-20(24)21-11-17-10-13-3-1-2-4-15(13)12-25-17/h1-4,6-7,9,17H,5,8,10-12H2,(H2,21,22,24)/t17-/m0/s1. The minimum absolute atomic E-state index is 0.0155. The highest BCUT2D eigenvalue weighted by molar-refractivity contribution is 6.01. The second-order valence-corrected chi connectivity index (χ2v) is 6.54. The first kappa shape index (κ1) is 15.8. The van der Waals surface area contributed by atoms with Gasteiger partial charge >= 0.3 is 6.03 Å². The SMILES string of the molecule is O=C(NC[C@@H]1Cc2ccccc2CO1)Nc1ccc2c(c1)CCC2=O. The van der Waals surface area contributed by atoms with Crippen LogP contribution in [0, 0.1) is 0 Å². The molecule has 0 aromatic heterocycles. The molecular formula is C20H20N2O3. The first-order valence-electron chi connectivity index (χ1n) is 8.58. The normalized spacial score (nSPS) is 18.4. The van der Waals surface area contributed by atoms with Crippen LogP contribution < -0.4 is 10.6 Å². The Bertz CT molecular complexity index is 831. The van der Waals surface area contributed by atoms with E-state index in [0.29, 0.717) is 25.3 Å². The number of amides is 2. The summed E-state index contributed by atoms with van der Waals surface area (Å²) >= 11 is 0. The van der Waals surface area contributed by atoms with Crippen molar-refractivity contribution in [1.82, 2.24) is 5.32 Å². The average molecular weight is 336 g/mol. The summed E-state index contributed by atoms with van der Waals surface area (Å²) in [7, 11) is 0. The molecule has 0 saturated heterocycles. The van der Waals surface area contributed by atoms with Gasteiger partial charge in [0.2, 0.25) is 0 Å². The molecule has 1 atom stereocenters. The topological polar surface area (TPSA) is 67.4 Å². The first-order valence-corrected chi connectivity index (χ1v) is 8.58. The summed E-state index contributed by atoms with van der Waals surface area (Å²) in [6.07, 6.45) is 2.10. The molecule has 0 spiro atoms. The zero-order chi connectivity index (χ0) is 17.2. The van der Waals surface area contributed by atoms with E-state index in [0.717, 1.165) is 24.0 Å². The lowest BCUT2D eigenvalue weighted by Gasteiger charge is -2.25. The summed E-state index contributed by atoms with van der Waals surface area (Å²) in [5.41, 5.74) is 5.00. The van der Waals surface area contributed by atoms with Gasteiger partial charge in [0.1, 0.15) is 0 Å². The predicted octanol–water partition coefficient (Wildman–Crippen LogP) is 3.08. The van der Waals surface area contributed by atoms with Crippen LogP contribution >= 0.6 is 0 Å². The largest absolute Gasteiger partial charge is 0.371 e. The smallest absolute Gasteiger partial charge is 0.319 e. The van der Waals surface area contributed by atoms with E-state index in [9.17, 15) is 9.59 Å². The van der Waals surface area contributed by atoms with Crippen LogP contribution in [0.3, 0.4) is 0 Å². The molecule has 5 nitrogen and oxygen atoms in total. The molecule has 4 rings (SSSR count). The summed E-state index contributed by atoms with van der Waals surface area (Å²) < 4.78 is 5.80. The number of anilines is 1. The summed E-state index contributed by atoms with van der Waals surface area (Å²) in [5.74, 6) is 0.181. The lowest BCUT2D eigenvalue weighted by atomic mass is 9.99. The molecule has 1 aliphatic carbocycles. The van der Waals surface area contributed by atoms with Crippen molar-refractivity contribution in [3.63, 3.8) is 0 Å². The monoisotopic (exact) mass is 336 g/mol. The van der Waals surface area contributed by atoms with Crippen LogP contribution in [0.25, 0.3) is 0 Å². The van der Waals surface area contributed by atoms with Crippen LogP contribution in [-0.2, 0) is 24.2 Å². The number of ketones is 1. The molecule has 2 aromatic carbocycles. The second kappa shape index (κ2) is 6.69. The van der Waals surface area contributed by atoms with Crippen LogP contribution in [0.1, 0.15) is 33.5 Å². The first-order chi connectivity index (χ1) is 12.2. The van der Waals surface area contributed by atoms with Gasteiger partial charge in [-0.2, -0.15) is 0 Å². The zero-order valence-electron chi connectivity index (χ0n) is 13.9. The molecule has 0 bridgehead atoms. The second-order valence-electron chi connectivity index (χ2n) is 6.54. The van der Waals surface area contributed by atoms with Crippen LogP contribution in [0.5, 0.6) is 0 Å². The Morgan fingerprint density at radius 1 is 1.08 bits per heavy atom. The van der Waals surface area contributed by atoms with E-state index < -0.39 is 0 Å². The van der Waals surface area contributed by atoms with E-state index in [4.69, 9.17) is 4.74 Å². The van der Waals surface area contributed by atoms with Crippen molar-refractivity contribution in [1.29, 1.82) is 0 Å². The maximum Gasteiger partial charge on any atom is 0.319 e. The van der Waals surface area contributed by atoms with E-state index in [2.05, 4.69) is 22.8 Å². The zero-order valence-corrected chi connectivity index (χ0v) is 13.9. The molecule has 128 valence electrons. The van der Waals surface area contributed by atoms with E-state index in [1.54, 1.807) is 12.1 Å². The number of carbonyl (C=O) groups excluding carboxylic acids is 2. The number of aryl methyl sites for hydroxylation is 1. The molecule has 2 N–H and O–H groups in total. The fourth-order valence-corrected chi connectivity index (χ4v) is 3.46. The number of Topliss-reactive ketones (excluding diaryl/α,β-unsaturated/α-hetero) is 1. The maximum absolute atomic E-state index is 12.1. The predicted molar refractivity (Wildman–Crippen MR) is 94.8 cm³/mol. The third-order valence-electron chi connectivity index (χ3n) is 4.82. The molecule has 1 aliphatic heterocycles. The highest BCUT2D eigenvalue weighted by Crippen LogP contribution is 2.25. The van der Waals surface area contributed by atoms with Gasteiger partial charge in [-0.05, 0) is 41.3 Å². The van der Waals surface area contributed by atoms with Crippen molar-refractivity contribution in [3.05, 3.63) is 64.7 Å². The number of ether oxygens (including phenoxy) is 1. The molecular weight excluding hydrogens is 316 g/mol. The van der Waals surface area contributed by atoms with Gasteiger partial charge in [0, 0.05) is 30.6 Å². The van der Waals surface area contributed by atoms with E-state index in [-0.39, 0.29) is 17.9 Å². The number of fused-ring (bicyclic) bond motifs is 2. The minimum Gasteiger partial charge on any atom is -0.371 e. The van der Waals surface area contributed by atoms with E-state index in [1.807, 2.05) is 18.2 Å². The Kier molecular flexibility index (Phi) is 4.24. The van der Waals surface area contributed by atoms with Gasteiger partial charge < -0.3 is 15.4 Å². The van der Waals surface area contributed by atoms with Gasteiger partial charge in [-0.15, -0.1) is 0 Å². The van der Waals surface area contributed by atoms with Gasteiger partial charge in [0.05, 0.1) is 12.7 Å². The summed E-state index contributed by atoms with van der Waals surface area (Å²) in [5, 5.41) is 5.69. The average Bonchev–Trinajstić information content (AvgIpc) is 3.00. The summed E-state index contributed by atoms with van der Waals surface area (Å²) in [6, 6.07) is 13.4. The Labute approximate surface area is 146 Å². The van der Waals surface area contributed by atoms with Crippen molar-refractivity contribution in [3.8, 4) is 0 Å². The molecule has 25 heavy (non-hydrogen) atoms. The Hall–Kier alpha value is -2.66. The summed E-state index contributed by atoms with van der Waals surface area (Å²) in [4.78, 5) is 23.8. The highest BCUT2D eigenvalue weighted by Gasteiger charge is 2.21. The van der Waals surface area contributed by atoms with Crippen LogP contribution in [0.15, 0.2) is 42.5 Å². The van der Waals surface area contributed by atoms with Gasteiger partial charge in [-0.25, -0.2) is 4.79 Å². The maximum atomic E-state index is 12.1. The van der Waals surface area contributed by atoms with Crippen LogP contribution in [0.2, 0.25) is 0 Å². The molecule has 2 aromatic rings. The Morgan fingerprint density at radius 3 is 2.80 bits per heavy atom. The molecule has 0 saturated carbocycles. The number of rotatable bonds is 3. The Balaban J connectivity index is 1.31. The van der Waals surface area contributed by atoms with Gasteiger partial charge in [0.25, 0.3) is 0 Å². The van der Waals surface area contributed by atoms with Gasteiger partial charge in [-0.1, -0.05) is 24.3 Å². The fraction of sp³-hybridized carbons (Fsp3) is 0.300. The lowest BCUT2D eigenvalue weighted by molar-refractivity contribution is 0.0308. The minimum atomic E-state index is -0.258. The summed E-state index contributed by atoms with van der Waals surface area (Å²) in [6.45, 7) is 1.05. The molecule has 0 unspecified atom stereocenters. The van der Waals surface area contributed by atoms with Crippen molar-refractivity contribution >= 4 is 17.5 Å². The molecule has 0 radical (unpaired) electrons. The molecule has 1 heterocycles. The number of benzene rings is 2. The van der Waals surface area contributed by atoms with Crippen molar-refractivity contribution in [2.75, 3.05) is 11.9 Å². The Morgan fingerprint density at radius 2 is 1.92 bits per heavy atom. The van der Waals surface area contributed by atoms with Crippen molar-refractivity contribution in [2.45, 2.75) is 32.0 Å². The van der Waals surface area contributed by atoms with Crippen molar-refractivity contribution < 1.29 is 14.3 Å². The number of urea groups is 1. The molecule has 0 fully saturated rings. The lowest BCUT2D eigenvalue weighted by Crippen LogP contribution is -2.38. The number of hydrogen-bond acceptors (Lipinski definition) is 3. The quantitative estimate of drug-likeness (QED) is 0.905. The van der Waals surface area contributed by atoms with E-state index in [1.165, 1.54) is 11.1 Å².